The molecular formula is C13H20ClNO4. The van der Waals surface area contributed by atoms with Gasteiger partial charge in [0.25, 0.3) is 0 Å². The maximum Gasteiger partial charge on any atom is 0.165 e. The fourth-order valence-electron chi connectivity index (χ4n) is 1.61. The molecule has 0 unspecified atom stereocenters. The van der Waals surface area contributed by atoms with E-state index in [0.29, 0.717) is 29.7 Å². The van der Waals surface area contributed by atoms with Crippen molar-refractivity contribution in [1.29, 1.82) is 0 Å². The summed E-state index contributed by atoms with van der Waals surface area (Å²) in [5, 5.41) is 12.7. The number of rotatable bonds is 9. The number of benzene rings is 1. The van der Waals surface area contributed by atoms with Crippen LogP contribution in [0.15, 0.2) is 12.1 Å². The van der Waals surface area contributed by atoms with Crippen LogP contribution in [0.4, 0.5) is 0 Å². The van der Waals surface area contributed by atoms with Gasteiger partial charge in [0.2, 0.25) is 0 Å². The highest BCUT2D eigenvalue weighted by atomic mass is 35.5. The molecule has 0 spiro atoms. The standard InChI is InChI=1S/C13H20ClNO4/c1-17-5-3-15-9-10-7-11(14)8-12(18-2)13(10)19-6-4-16/h7-8,15-16H,3-6,9H2,1-2H3. The first-order chi connectivity index (χ1) is 9.22. The minimum absolute atomic E-state index is 0.0533. The smallest absolute Gasteiger partial charge is 0.165 e. The van der Waals surface area contributed by atoms with E-state index in [1.54, 1.807) is 20.3 Å². The molecular weight excluding hydrogens is 270 g/mol. The summed E-state index contributed by atoms with van der Waals surface area (Å²) in [6, 6.07) is 3.50. The molecule has 1 rings (SSSR count). The summed E-state index contributed by atoms with van der Waals surface area (Å²) in [7, 11) is 3.21. The number of hydrogen-bond donors (Lipinski definition) is 2. The van der Waals surface area contributed by atoms with Crippen molar-refractivity contribution in [3.63, 3.8) is 0 Å². The van der Waals surface area contributed by atoms with Gasteiger partial charge in [-0.1, -0.05) is 11.6 Å². The average molecular weight is 290 g/mol. The third kappa shape index (κ3) is 5.24. The number of halogens is 1. The largest absolute Gasteiger partial charge is 0.493 e. The van der Waals surface area contributed by atoms with Gasteiger partial charge in [-0.3, -0.25) is 0 Å². The fraction of sp³-hybridized carbons (Fsp3) is 0.538. The minimum Gasteiger partial charge on any atom is -0.493 e. The monoisotopic (exact) mass is 289 g/mol. The summed E-state index contributed by atoms with van der Waals surface area (Å²) in [5.74, 6) is 1.16. The highest BCUT2D eigenvalue weighted by molar-refractivity contribution is 6.30. The number of ether oxygens (including phenoxy) is 3. The van der Waals surface area contributed by atoms with Crippen LogP contribution < -0.4 is 14.8 Å². The summed E-state index contributed by atoms with van der Waals surface area (Å²) in [4.78, 5) is 0. The van der Waals surface area contributed by atoms with E-state index in [1.807, 2.05) is 6.07 Å². The van der Waals surface area contributed by atoms with E-state index >= 15 is 0 Å². The molecule has 1 aromatic carbocycles. The van der Waals surface area contributed by atoms with Gasteiger partial charge in [-0.05, 0) is 6.07 Å². The topological polar surface area (TPSA) is 60.0 Å². The summed E-state index contributed by atoms with van der Waals surface area (Å²) in [5.41, 5.74) is 0.883. The lowest BCUT2D eigenvalue weighted by Gasteiger charge is -2.15. The maximum atomic E-state index is 8.86. The Morgan fingerprint density at radius 3 is 2.68 bits per heavy atom. The molecule has 0 atom stereocenters. The van der Waals surface area contributed by atoms with Gasteiger partial charge in [-0.2, -0.15) is 0 Å². The van der Waals surface area contributed by atoms with Crippen molar-refractivity contribution in [2.75, 3.05) is 40.6 Å². The van der Waals surface area contributed by atoms with E-state index in [2.05, 4.69) is 5.32 Å². The third-order valence-electron chi connectivity index (χ3n) is 2.45. The highest BCUT2D eigenvalue weighted by Crippen LogP contribution is 2.34. The molecule has 19 heavy (non-hydrogen) atoms. The maximum absolute atomic E-state index is 8.86. The van der Waals surface area contributed by atoms with Crippen LogP contribution in [0.1, 0.15) is 5.56 Å². The van der Waals surface area contributed by atoms with Crippen molar-refractivity contribution in [3.05, 3.63) is 22.7 Å². The second-order valence-electron chi connectivity index (χ2n) is 3.84. The van der Waals surface area contributed by atoms with Crippen molar-refractivity contribution in [3.8, 4) is 11.5 Å². The Bertz CT molecular complexity index is 387. The van der Waals surface area contributed by atoms with Gasteiger partial charge in [0, 0.05) is 36.9 Å². The first-order valence-electron chi connectivity index (χ1n) is 6.02. The predicted octanol–water partition coefficient (Wildman–Crippen LogP) is 1.46. The molecule has 2 N–H and O–H groups in total. The Morgan fingerprint density at radius 1 is 1.26 bits per heavy atom. The molecule has 0 aliphatic heterocycles. The number of aliphatic hydroxyl groups excluding tert-OH is 1. The fourth-order valence-corrected chi connectivity index (χ4v) is 1.85. The quantitative estimate of drug-likeness (QED) is 0.674. The highest BCUT2D eigenvalue weighted by Gasteiger charge is 2.12. The van der Waals surface area contributed by atoms with Crippen LogP contribution >= 0.6 is 11.6 Å². The van der Waals surface area contributed by atoms with Gasteiger partial charge in [0.1, 0.15) is 6.61 Å². The van der Waals surface area contributed by atoms with Crippen LogP contribution in [0.25, 0.3) is 0 Å². The molecule has 0 bridgehead atoms. The van der Waals surface area contributed by atoms with E-state index < -0.39 is 0 Å². The van der Waals surface area contributed by atoms with Gasteiger partial charge in [0.05, 0.1) is 20.3 Å². The normalized spacial score (nSPS) is 10.5. The van der Waals surface area contributed by atoms with Crippen molar-refractivity contribution in [1.82, 2.24) is 5.32 Å². The minimum atomic E-state index is -0.0533. The Morgan fingerprint density at radius 2 is 2.05 bits per heavy atom. The molecule has 0 heterocycles. The first-order valence-corrected chi connectivity index (χ1v) is 6.40. The molecule has 0 aliphatic carbocycles. The molecule has 0 aromatic heterocycles. The van der Waals surface area contributed by atoms with Crippen LogP contribution in [0.2, 0.25) is 5.02 Å². The lowest BCUT2D eigenvalue weighted by Crippen LogP contribution is -2.19. The number of hydrogen-bond acceptors (Lipinski definition) is 5. The van der Waals surface area contributed by atoms with E-state index in [1.165, 1.54) is 0 Å². The molecule has 0 saturated carbocycles. The molecule has 0 amide bonds. The van der Waals surface area contributed by atoms with Gasteiger partial charge >= 0.3 is 0 Å². The van der Waals surface area contributed by atoms with Crippen LogP contribution in [0.3, 0.4) is 0 Å². The average Bonchev–Trinajstić information content (AvgIpc) is 2.41. The van der Waals surface area contributed by atoms with Crippen LogP contribution in [-0.4, -0.2) is 45.7 Å². The number of methoxy groups -OCH3 is 2. The Labute approximate surface area is 118 Å². The van der Waals surface area contributed by atoms with Crippen LogP contribution in [0, 0.1) is 0 Å². The zero-order valence-electron chi connectivity index (χ0n) is 11.2. The molecule has 0 aliphatic rings. The van der Waals surface area contributed by atoms with E-state index in [4.69, 9.17) is 30.9 Å². The van der Waals surface area contributed by atoms with E-state index in [0.717, 1.165) is 12.1 Å². The van der Waals surface area contributed by atoms with Gasteiger partial charge in [-0.25, -0.2) is 0 Å². The van der Waals surface area contributed by atoms with Gasteiger partial charge in [0.15, 0.2) is 11.5 Å². The first kappa shape index (κ1) is 16.0. The van der Waals surface area contributed by atoms with Crippen molar-refractivity contribution < 1.29 is 19.3 Å². The lowest BCUT2D eigenvalue weighted by molar-refractivity contribution is 0.193. The summed E-state index contributed by atoms with van der Waals surface area (Å²) in [6.07, 6.45) is 0. The molecule has 0 fully saturated rings. The number of aliphatic hydroxyl groups is 1. The molecule has 0 saturated heterocycles. The van der Waals surface area contributed by atoms with Crippen molar-refractivity contribution >= 4 is 11.6 Å². The molecule has 5 nitrogen and oxygen atoms in total. The zero-order chi connectivity index (χ0) is 14.1. The SMILES string of the molecule is COCCNCc1cc(Cl)cc(OC)c1OCCO. The molecule has 1 aromatic rings. The second kappa shape index (κ2) is 8.98. The van der Waals surface area contributed by atoms with Gasteiger partial charge in [-0.15, -0.1) is 0 Å². The zero-order valence-corrected chi connectivity index (χ0v) is 12.0. The summed E-state index contributed by atoms with van der Waals surface area (Å²) >= 11 is 6.04. The molecule has 108 valence electrons. The summed E-state index contributed by atoms with van der Waals surface area (Å²) in [6.45, 7) is 2.10. The van der Waals surface area contributed by atoms with Crippen molar-refractivity contribution in [2.24, 2.45) is 0 Å². The second-order valence-corrected chi connectivity index (χ2v) is 4.27. The van der Waals surface area contributed by atoms with Gasteiger partial charge < -0.3 is 24.6 Å². The van der Waals surface area contributed by atoms with Crippen LogP contribution in [0.5, 0.6) is 11.5 Å². The van der Waals surface area contributed by atoms with E-state index in [-0.39, 0.29) is 13.2 Å². The Balaban J connectivity index is 2.82. The number of nitrogens with one attached hydrogen (secondary N) is 1. The summed E-state index contributed by atoms with van der Waals surface area (Å²) < 4.78 is 15.7. The molecule has 0 radical (unpaired) electrons. The lowest BCUT2D eigenvalue weighted by atomic mass is 10.2. The Hall–Kier alpha value is -1.01. The van der Waals surface area contributed by atoms with Crippen LogP contribution in [-0.2, 0) is 11.3 Å². The predicted molar refractivity (Wildman–Crippen MR) is 74.2 cm³/mol. The van der Waals surface area contributed by atoms with E-state index in [9.17, 15) is 0 Å². The third-order valence-corrected chi connectivity index (χ3v) is 2.67. The molecule has 6 heteroatoms. The Kier molecular flexibility index (Phi) is 7.59. The van der Waals surface area contributed by atoms with Crippen molar-refractivity contribution in [2.45, 2.75) is 6.54 Å².